The fourth-order valence-corrected chi connectivity index (χ4v) is 11.4. The van der Waals surface area contributed by atoms with Crippen LogP contribution in [0.2, 0.25) is 0 Å². The van der Waals surface area contributed by atoms with Gasteiger partial charge in [-0.25, -0.2) is 0 Å². The fraction of sp³-hybridized carbons (Fsp3) is 0.200. The minimum atomic E-state index is 0.333. The number of rotatable bonds is 8. The predicted octanol–water partition coefficient (Wildman–Crippen LogP) is 14.3. The van der Waals surface area contributed by atoms with E-state index in [2.05, 4.69) is 175 Å². The summed E-state index contributed by atoms with van der Waals surface area (Å²) in [6.45, 7) is 0. The first-order valence-corrected chi connectivity index (χ1v) is 19.9. The highest BCUT2D eigenvalue weighted by molar-refractivity contribution is 7.99. The number of fused-ring (bicyclic) bond motifs is 1. The molecule has 11 rings (SSSR count). The van der Waals surface area contributed by atoms with Crippen molar-refractivity contribution in [2.75, 3.05) is 4.90 Å². The Balaban J connectivity index is 1.12. The van der Waals surface area contributed by atoms with Crippen molar-refractivity contribution in [1.29, 1.82) is 0 Å². The zero-order chi connectivity index (χ0) is 34.5. The lowest BCUT2D eigenvalue weighted by Gasteiger charge is -2.57. The molecule has 52 heavy (non-hydrogen) atoms. The molecular weight excluding hydrogens is 647 g/mol. The summed E-state index contributed by atoms with van der Waals surface area (Å²) in [6, 6.07) is 63.0. The van der Waals surface area contributed by atoms with E-state index in [0.29, 0.717) is 5.41 Å². The van der Waals surface area contributed by atoms with E-state index in [-0.39, 0.29) is 0 Å². The van der Waals surface area contributed by atoms with Crippen LogP contribution < -0.4 is 4.90 Å². The smallest absolute Gasteiger partial charge is 0.0473 e. The van der Waals surface area contributed by atoms with Crippen molar-refractivity contribution < 1.29 is 0 Å². The number of benzene rings is 7. The predicted molar refractivity (Wildman–Crippen MR) is 220 cm³/mol. The summed E-state index contributed by atoms with van der Waals surface area (Å²) in [6.07, 6.45) is 8.49. The van der Waals surface area contributed by atoms with Gasteiger partial charge in [-0.3, -0.25) is 0 Å². The molecule has 7 aromatic carbocycles. The average molecular weight is 690 g/mol. The molecule has 0 aromatic heterocycles. The second kappa shape index (κ2) is 13.2. The Labute approximate surface area is 312 Å². The third-order valence-electron chi connectivity index (χ3n) is 12.3. The van der Waals surface area contributed by atoms with Crippen LogP contribution in [0.15, 0.2) is 180 Å². The summed E-state index contributed by atoms with van der Waals surface area (Å²) in [5.74, 6) is 2.74. The van der Waals surface area contributed by atoms with Crippen LogP contribution >= 0.6 is 11.8 Å². The Kier molecular flexibility index (Phi) is 8.02. The summed E-state index contributed by atoms with van der Waals surface area (Å²) in [5.41, 5.74) is 10.5. The van der Waals surface area contributed by atoms with Crippen LogP contribution in [0.25, 0.3) is 33.0 Å². The van der Waals surface area contributed by atoms with E-state index in [4.69, 9.17) is 0 Å². The molecule has 254 valence electrons. The lowest BCUT2D eigenvalue weighted by Crippen LogP contribution is -2.48. The Morgan fingerprint density at radius 1 is 0.462 bits per heavy atom. The van der Waals surface area contributed by atoms with Gasteiger partial charge < -0.3 is 4.90 Å². The van der Waals surface area contributed by atoms with Gasteiger partial charge in [0.15, 0.2) is 0 Å². The van der Waals surface area contributed by atoms with Crippen molar-refractivity contribution in [3.63, 3.8) is 0 Å². The van der Waals surface area contributed by atoms with E-state index in [0.717, 1.165) is 17.8 Å². The van der Waals surface area contributed by atoms with Crippen LogP contribution in [0.3, 0.4) is 0 Å². The molecule has 0 unspecified atom stereocenters. The zero-order valence-corrected chi connectivity index (χ0v) is 30.3. The molecule has 0 aliphatic heterocycles. The van der Waals surface area contributed by atoms with E-state index in [1.807, 2.05) is 11.8 Å². The highest BCUT2D eigenvalue weighted by atomic mass is 32.2. The number of hydrogen-bond donors (Lipinski definition) is 0. The first kappa shape index (κ1) is 31.7. The van der Waals surface area contributed by atoms with Crippen molar-refractivity contribution in [3.05, 3.63) is 175 Å². The van der Waals surface area contributed by atoms with Gasteiger partial charge in [0.05, 0.1) is 0 Å². The van der Waals surface area contributed by atoms with Crippen molar-refractivity contribution >= 4 is 39.6 Å². The Morgan fingerprint density at radius 3 is 1.81 bits per heavy atom. The van der Waals surface area contributed by atoms with Gasteiger partial charge in [0.1, 0.15) is 0 Å². The van der Waals surface area contributed by atoms with Crippen molar-refractivity contribution in [2.45, 2.75) is 53.7 Å². The van der Waals surface area contributed by atoms with Gasteiger partial charge in [0, 0.05) is 26.9 Å². The summed E-state index contributed by atoms with van der Waals surface area (Å²) in [5, 5.41) is 2.55. The molecule has 0 atom stereocenters. The molecule has 4 saturated carbocycles. The Hall–Kier alpha value is -5.05. The molecule has 1 nitrogen and oxygen atoms in total. The minimum Gasteiger partial charge on any atom is -0.310 e. The fourth-order valence-electron chi connectivity index (χ4n) is 10.4. The second-order valence-corrected chi connectivity index (χ2v) is 16.7. The van der Waals surface area contributed by atoms with Crippen LogP contribution in [0.4, 0.5) is 17.1 Å². The first-order chi connectivity index (χ1) is 25.7. The van der Waals surface area contributed by atoms with Crippen LogP contribution in [-0.4, -0.2) is 0 Å². The van der Waals surface area contributed by atoms with E-state index in [9.17, 15) is 0 Å². The summed E-state index contributed by atoms with van der Waals surface area (Å²) in [7, 11) is 0. The normalized spacial score (nSPS) is 21.7. The van der Waals surface area contributed by atoms with Gasteiger partial charge in [-0.15, -0.1) is 0 Å². The third-order valence-corrected chi connectivity index (χ3v) is 13.3. The minimum absolute atomic E-state index is 0.333. The van der Waals surface area contributed by atoms with Gasteiger partial charge in [-0.2, -0.15) is 0 Å². The Bertz CT molecular complexity index is 2320. The Morgan fingerprint density at radius 2 is 1.06 bits per heavy atom. The molecule has 0 heterocycles. The van der Waals surface area contributed by atoms with Gasteiger partial charge in [-0.1, -0.05) is 133 Å². The number of hydrogen-bond acceptors (Lipinski definition) is 2. The maximum absolute atomic E-state index is 2.56. The quantitative estimate of drug-likeness (QED) is 0.156. The number of anilines is 3. The molecule has 0 saturated heterocycles. The highest BCUT2D eigenvalue weighted by Gasteiger charge is 2.51. The molecule has 0 radical (unpaired) electrons. The standard InChI is InChI=1S/C50H43NS/c1-3-11-38(12-4-1)39-21-23-42(24-22-39)51(43-16-10-15-41(30-43)50-32-35-27-36(33-50)29-37(28-35)34-50)44-25-26-48(49(31-44)52-45-17-5-2-6-18-45)47-20-9-14-40-13-7-8-19-46(40)47/h1-26,30-31,35-37H,27-29,32-34H2. The lowest BCUT2D eigenvalue weighted by molar-refractivity contribution is -0.00516. The first-order valence-electron chi connectivity index (χ1n) is 19.1. The summed E-state index contributed by atoms with van der Waals surface area (Å²) >= 11 is 1.85. The molecule has 4 bridgehead atoms. The molecule has 4 fully saturated rings. The molecule has 0 spiro atoms. The number of nitrogens with zero attached hydrogens (tertiary/aromatic N) is 1. The highest BCUT2D eigenvalue weighted by Crippen LogP contribution is 2.61. The maximum Gasteiger partial charge on any atom is 0.0473 e. The molecule has 4 aliphatic rings. The van der Waals surface area contributed by atoms with Crippen LogP contribution in [0.5, 0.6) is 0 Å². The monoisotopic (exact) mass is 689 g/mol. The summed E-state index contributed by atoms with van der Waals surface area (Å²) in [4.78, 5) is 4.99. The molecule has 4 aliphatic carbocycles. The second-order valence-electron chi connectivity index (χ2n) is 15.6. The van der Waals surface area contributed by atoms with Gasteiger partial charge >= 0.3 is 0 Å². The topological polar surface area (TPSA) is 3.24 Å². The van der Waals surface area contributed by atoms with Crippen molar-refractivity contribution in [3.8, 4) is 22.3 Å². The van der Waals surface area contributed by atoms with Crippen molar-refractivity contribution in [1.82, 2.24) is 0 Å². The van der Waals surface area contributed by atoms with Crippen LogP contribution in [0, 0.1) is 17.8 Å². The van der Waals surface area contributed by atoms with Crippen LogP contribution in [0.1, 0.15) is 44.1 Å². The van der Waals surface area contributed by atoms with Gasteiger partial charge in [0.2, 0.25) is 0 Å². The molecule has 7 aromatic rings. The lowest BCUT2D eigenvalue weighted by atomic mass is 9.48. The maximum atomic E-state index is 2.56. The zero-order valence-electron chi connectivity index (χ0n) is 29.5. The SMILES string of the molecule is c1ccc(Sc2cc(N(c3ccc(-c4ccccc4)cc3)c3cccc(C45CC6CC(CC(C6)C4)C5)c3)ccc2-c2cccc3ccccc23)cc1. The molecule has 0 amide bonds. The van der Waals surface area contributed by atoms with E-state index < -0.39 is 0 Å². The molecule has 0 N–H and O–H groups in total. The average Bonchev–Trinajstić information content (AvgIpc) is 3.19. The van der Waals surface area contributed by atoms with E-state index in [1.165, 1.54) is 98.4 Å². The largest absolute Gasteiger partial charge is 0.310 e. The van der Waals surface area contributed by atoms with Crippen LogP contribution in [-0.2, 0) is 5.41 Å². The molecular formula is C50H43NS. The van der Waals surface area contributed by atoms with Gasteiger partial charge in [0.25, 0.3) is 0 Å². The summed E-state index contributed by atoms with van der Waals surface area (Å²) < 4.78 is 0. The van der Waals surface area contributed by atoms with E-state index in [1.54, 1.807) is 5.56 Å². The third kappa shape index (κ3) is 5.84. The van der Waals surface area contributed by atoms with Gasteiger partial charge in [-0.05, 0) is 149 Å². The van der Waals surface area contributed by atoms with Crippen molar-refractivity contribution in [2.24, 2.45) is 17.8 Å². The molecule has 2 heteroatoms. The van der Waals surface area contributed by atoms with E-state index >= 15 is 0 Å².